The number of piperidine rings is 1. The van der Waals surface area contributed by atoms with Crippen LogP contribution in [0.4, 0.5) is 0 Å². The summed E-state index contributed by atoms with van der Waals surface area (Å²) in [6.07, 6.45) is 9.28. The van der Waals surface area contributed by atoms with Gasteiger partial charge >= 0.3 is 0 Å². The first kappa shape index (κ1) is 21.0. The van der Waals surface area contributed by atoms with Gasteiger partial charge in [-0.05, 0) is 37.8 Å². The molecule has 0 aromatic carbocycles. The van der Waals surface area contributed by atoms with Gasteiger partial charge in [0.25, 0.3) is 0 Å². The van der Waals surface area contributed by atoms with Crippen molar-refractivity contribution in [1.29, 1.82) is 0 Å². The zero-order valence-corrected chi connectivity index (χ0v) is 19.2. The normalized spacial score (nSPS) is 25.4. The Morgan fingerprint density at radius 3 is 2.97 bits per heavy atom. The topological polar surface area (TPSA) is 64.4 Å². The van der Waals surface area contributed by atoms with Gasteiger partial charge in [0.15, 0.2) is 0 Å². The average Bonchev–Trinajstić information content (AvgIpc) is 3.29. The second-order valence-corrected chi connectivity index (χ2v) is 12.0. The Kier molecular flexibility index (Phi) is 5.90. The molecule has 1 fully saturated rings. The number of nitrogens with zero attached hydrogens (tertiary/aromatic N) is 3. The van der Waals surface area contributed by atoms with E-state index >= 15 is 0 Å². The van der Waals surface area contributed by atoms with Crippen molar-refractivity contribution in [2.45, 2.75) is 64.3 Å². The molecule has 0 N–H and O–H groups in total. The lowest BCUT2D eigenvalue weighted by Crippen LogP contribution is -2.50. The number of rotatable bonds is 6. The lowest BCUT2D eigenvalue weighted by molar-refractivity contribution is -0.112. The van der Waals surface area contributed by atoms with Crippen LogP contribution >= 0.6 is 11.3 Å². The summed E-state index contributed by atoms with van der Waals surface area (Å²) in [5.41, 5.74) is 2.47. The molecule has 1 saturated heterocycles. The summed E-state index contributed by atoms with van der Waals surface area (Å²) in [6.45, 7) is 7.59. The molecule has 29 heavy (non-hydrogen) atoms. The molecule has 6 nitrogen and oxygen atoms in total. The van der Waals surface area contributed by atoms with Gasteiger partial charge in [-0.15, -0.1) is 11.3 Å². The van der Waals surface area contributed by atoms with Crippen LogP contribution in [0.3, 0.4) is 0 Å². The first-order valence-electron chi connectivity index (χ1n) is 10.5. The largest absolute Gasteiger partial charge is 0.370 e. The number of aromatic nitrogens is 2. The Balaban J connectivity index is 1.42. The molecule has 2 aliphatic rings. The number of likely N-dealkylation sites (tertiary alicyclic amines) is 1. The lowest BCUT2D eigenvalue weighted by atomic mass is 9.79. The highest BCUT2D eigenvalue weighted by molar-refractivity contribution is 7.90. The van der Waals surface area contributed by atoms with Gasteiger partial charge in [0.05, 0.1) is 30.7 Å². The Morgan fingerprint density at radius 2 is 2.24 bits per heavy atom. The third kappa shape index (κ3) is 4.60. The van der Waals surface area contributed by atoms with Crippen LogP contribution in [-0.4, -0.2) is 54.3 Å². The number of thiophene rings is 1. The smallest absolute Gasteiger partial charge is 0.149 e. The molecule has 0 radical (unpaired) electrons. The molecule has 160 valence electrons. The summed E-state index contributed by atoms with van der Waals surface area (Å²) in [5.74, 6) is 0.122. The van der Waals surface area contributed by atoms with E-state index in [1.807, 2.05) is 23.7 Å². The summed E-state index contributed by atoms with van der Waals surface area (Å²) in [5, 5.41) is 4.34. The first-order valence-corrected chi connectivity index (χ1v) is 13.3. The van der Waals surface area contributed by atoms with Crippen LogP contribution < -0.4 is 0 Å². The monoisotopic (exact) mass is 437 g/mol. The lowest BCUT2D eigenvalue weighted by Gasteiger charge is -2.47. The Hall–Kier alpha value is -1.22. The van der Waals surface area contributed by atoms with Crippen LogP contribution in [0.5, 0.6) is 0 Å². The van der Waals surface area contributed by atoms with Crippen molar-refractivity contribution in [2.24, 2.45) is 0 Å². The fourth-order valence-electron chi connectivity index (χ4n) is 4.61. The zero-order valence-electron chi connectivity index (χ0n) is 17.6. The van der Waals surface area contributed by atoms with Gasteiger partial charge in [0.1, 0.15) is 9.84 Å². The van der Waals surface area contributed by atoms with E-state index in [1.54, 1.807) is 4.68 Å². The third-order valence-corrected chi connectivity index (χ3v) is 8.49. The summed E-state index contributed by atoms with van der Waals surface area (Å²) in [7, 11) is -2.97. The van der Waals surface area contributed by atoms with Crippen molar-refractivity contribution >= 4 is 21.2 Å². The van der Waals surface area contributed by atoms with E-state index in [0.29, 0.717) is 12.6 Å². The average molecular weight is 438 g/mol. The van der Waals surface area contributed by atoms with E-state index in [2.05, 4.69) is 29.9 Å². The molecule has 0 bridgehead atoms. The molecule has 2 aromatic rings. The number of sulfone groups is 1. The van der Waals surface area contributed by atoms with E-state index in [1.165, 1.54) is 21.6 Å². The van der Waals surface area contributed by atoms with Crippen LogP contribution in [-0.2, 0) is 46.1 Å². The number of hydrogen-bond acceptors (Lipinski definition) is 6. The molecule has 0 amide bonds. The molecule has 4 heterocycles. The van der Waals surface area contributed by atoms with Gasteiger partial charge in [-0.1, -0.05) is 6.92 Å². The standard InChI is InChI=1S/C21H31N3O3S2/c1-4-18-11-19-20(28-18)5-9-27-21(19)6-7-23(16(2)12-21)14-17-13-22-24(15-17)8-10-29(3,25)26/h11,13,15-16H,4-10,12,14H2,1-3H3/t16-,21-/m0/s1. The minimum absolute atomic E-state index is 0.118. The highest BCUT2D eigenvalue weighted by Gasteiger charge is 2.44. The first-order chi connectivity index (χ1) is 13.8. The molecule has 4 rings (SSSR count). The minimum atomic E-state index is -2.97. The number of aryl methyl sites for hydroxylation is 2. The van der Waals surface area contributed by atoms with E-state index < -0.39 is 9.84 Å². The molecule has 1 spiro atoms. The van der Waals surface area contributed by atoms with Gasteiger partial charge in [0, 0.05) is 53.3 Å². The van der Waals surface area contributed by atoms with Gasteiger partial charge in [-0.25, -0.2) is 8.42 Å². The third-order valence-electron chi connectivity index (χ3n) is 6.22. The molecule has 2 aromatic heterocycles. The Labute approximate surface area is 177 Å². The maximum Gasteiger partial charge on any atom is 0.149 e. The molecule has 0 saturated carbocycles. The summed E-state index contributed by atoms with van der Waals surface area (Å²) >= 11 is 1.97. The number of hydrogen-bond donors (Lipinski definition) is 0. The molecule has 0 unspecified atom stereocenters. The fraction of sp³-hybridized carbons (Fsp3) is 0.667. The minimum Gasteiger partial charge on any atom is -0.370 e. The highest BCUT2D eigenvalue weighted by atomic mass is 32.2. The molecule has 0 aliphatic carbocycles. The maximum absolute atomic E-state index is 11.4. The van der Waals surface area contributed by atoms with E-state index in [-0.39, 0.29) is 11.4 Å². The zero-order chi connectivity index (χ0) is 20.6. The molecular formula is C21H31N3O3S2. The van der Waals surface area contributed by atoms with Crippen LogP contribution in [0, 0.1) is 0 Å². The van der Waals surface area contributed by atoms with E-state index in [0.717, 1.165) is 50.9 Å². The van der Waals surface area contributed by atoms with Crippen molar-refractivity contribution in [3.05, 3.63) is 39.3 Å². The number of ether oxygens (including phenoxy) is 1. The van der Waals surface area contributed by atoms with Gasteiger partial charge in [-0.2, -0.15) is 5.10 Å². The maximum atomic E-state index is 11.4. The predicted molar refractivity (Wildman–Crippen MR) is 116 cm³/mol. The quantitative estimate of drug-likeness (QED) is 0.695. The predicted octanol–water partition coefficient (Wildman–Crippen LogP) is 3.00. The molecular weight excluding hydrogens is 406 g/mol. The van der Waals surface area contributed by atoms with Crippen LogP contribution in [0.25, 0.3) is 0 Å². The van der Waals surface area contributed by atoms with E-state index in [4.69, 9.17) is 4.74 Å². The van der Waals surface area contributed by atoms with Crippen molar-refractivity contribution < 1.29 is 13.2 Å². The number of fused-ring (bicyclic) bond motifs is 2. The Morgan fingerprint density at radius 1 is 1.41 bits per heavy atom. The second-order valence-electron chi connectivity index (χ2n) is 8.51. The van der Waals surface area contributed by atoms with E-state index in [9.17, 15) is 8.42 Å². The van der Waals surface area contributed by atoms with Crippen LogP contribution in [0.15, 0.2) is 18.5 Å². The van der Waals surface area contributed by atoms with Gasteiger partial charge in [0.2, 0.25) is 0 Å². The van der Waals surface area contributed by atoms with Crippen molar-refractivity contribution in [2.75, 3.05) is 25.2 Å². The van der Waals surface area contributed by atoms with Crippen molar-refractivity contribution in [3.63, 3.8) is 0 Å². The summed E-state index contributed by atoms with van der Waals surface area (Å²) in [6, 6.07) is 2.81. The molecule has 2 atom stereocenters. The summed E-state index contributed by atoms with van der Waals surface area (Å²) in [4.78, 5) is 5.49. The molecule has 8 heteroatoms. The SMILES string of the molecule is CCc1cc2c(s1)CCO[C@]21CCN(Cc2cnn(CCS(C)(=O)=O)c2)[C@@H](C)C1. The van der Waals surface area contributed by atoms with Crippen molar-refractivity contribution in [3.8, 4) is 0 Å². The van der Waals surface area contributed by atoms with Crippen LogP contribution in [0.2, 0.25) is 0 Å². The molecule has 2 aliphatic heterocycles. The Bertz CT molecular complexity index is 966. The fourth-order valence-corrected chi connectivity index (χ4v) is 6.31. The van der Waals surface area contributed by atoms with Crippen molar-refractivity contribution in [1.82, 2.24) is 14.7 Å². The highest BCUT2D eigenvalue weighted by Crippen LogP contribution is 2.46. The van der Waals surface area contributed by atoms with Gasteiger partial charge < -0.3 is 4.74 Å². The van der Waals surface area contributed by atoms with Gasteiger partial charge in [-0.3, -0.25) is 9.58 Å². The summed E-state index contributed by atoms with van der Waals surface area (Å²) < 4.78 is 30.9. The van der Waals surface area contributed by atoms with Crippen LogP contribution in [0.1, 0.15) is 47.6 Å². The second kappa shape index (κ2) is 8.13.